The van der Waals surface area contributed by atoms with Crippen molar-refractivity contribution < 1.29 is 47.4 Å². The van der Waals surface area contributed by atoms with E-state index in [1.165, 1.54) is 0 Å². The number of rotatable bonds is 0. The second-order valence-corrected chi connectivity index (χ2v) is 0.591. The predicted molar refractivity (Wildman–Crippen MR) is 52.8 cm³/mol. The van der Waals surface area contributed by atoms with Crippen LogP contribution in [0, 0.1) is 57.6 Å². The second-order valence-electron chi connectivity index (χ2n) is 0.591. The van der Waals surface area contributed by atoms with Crippen molar-refractivity contribution in [2.24, 2.45) is 0 Å². The van der Waals surface area contributed by atoms with E-state index in [2.05, 4.69) is 0 Å². The van der Waals surface area contributed by atoms with Gasteiger partial charge in [0.05, 0.1) is 0 Å². The van der Waals surface area contributed by atoms with Crippen LogP contribution in [0.2, 0.25) is 0 Å². The van der Waals surface area contributed by atoms with Crippen molar-refractivity contribution in [1.29, 1.82) is 26.3 Å². The van der Waals surface area contributed by atoms with Crippen molar-refractivity contribution in [3.05, 3.63) is 5.41 Å². The first-order chi connectivity index (χ1) is 8.49. The molecule has 0 aliphatic heterocycles. The van der Waals surface area contributed by atoms with Crippen LogP contribution in [0.25, 0.3) is 5.41 Å². The molecule has 0 radical (unpaired) electrons. The monoisotopic (exact) mass is 331 g/mol. The average Bonchev–Trinajstić information content (AvgIpc) is 2.23. The molecule has 13 nitrogen and oxygen atoms in total. The molecule has 14 heteroatoms. The molecule has 0 unspecified atom stereocenters. The van der Waals surface area contributed by atoms with Gasteiger partial charge < -0.3 is 37.1 Å². The van der Waals surface area contributed by atoms with Crippen LogP contribution >= 0.6 is 0 Å². The van der Waals surface area contributed by atoms with E-state index >= 15 is 0 Å². The minimum Gasteiger partial charge on any atom is -0.724 e. The molecular formula is C6H9FeN7O6. The van der Waals surface area contributed by atoms with E-state index < -0.39 is 0 Å². The molecule has 0 aromatic heterocycles. The van der Waals surface area contributed by atoms with Gasteiger partial charge in [0.25, 0.3) is 31.3 Å². The zero-order chi connectivity index (χ0) is 16.2. The standard InChI is InChI=1S/5CHNO.CNO.Fe.H3N/c6*2-1-3;;/h5*3H;;;1H3/q;;;;;-1;;/p+1. The molecule has 0 amide bonds. The number of hydrogen-bond acceptors (Lipinski definition) is 11. The third-order valence-corrected chi connectivity index (χ3v) is 0. The van der Waals surface area contributed by atoms with Gasteiger partial charge in [0, 0.05) is 17.1 Å². The first-order valence-electron chi connectivity index (χ1n) is 2.66. The van der Waals surface area contributed by atoms with Crippen LogP contribution in [0.15, 0.2) is 0 Å². The summed E-state index contributed by atoms with van der Waals surface area (Å²) in [6.07, 6.45) is 4.25. The van der Waals surface area contributed by atoms with E-state index in [4.69, 9.17) is 62.0 Å². The molecule has 20 heavy (non-hydrogen) atoms. The summed E-state index contributed by atoms with van der Waals surface area (Å²) in [5.74, 6) is 0. The van der Waals surface area contributed by atoms with E-state index in [9.17, 15) is 0 Å². The maximum atomic E-state index is 8.24. The van der Waals surface area contributed by atoms with E-state index in [0.717, 1.165) is 31.3 Å². The molecule has 0 rings (SSSR count). The summed E-state index contributed by atoms with van der Waals surface area (Å²) in [5.41, 5.74) is 0. The molecule has 0 aromatic carbocycles. The van der Waals surface area contributed by atoms with Crippen molar-refractivity contribution in [2.75, 3.05) is 0 Å². The van der Waals surface area contributed by atoms with Crippen LogP contribution in [0.5, 0.6) is 0 Å². The Morgan fingerprint density at radius 2 is 0.650 bits per heavy atom. The Hall–Kier alpha value is -3.69. The van der Waals surface area contributed by atoms with E-state index in [0.29, 0.717) is 6.08 Å². The number of aliphatic hydroxyl groups excluding tert-OH is 5. The summed E-state index contributed by atoms with van der Waals surface area (Å²) in [5, 5.41) is 75.5. The Balaban J connectivity index is -0.0000000141. The Labute approximate surface area is 123 Å². The predicted octanol–water partition coefficient (Wildman–Crippen LogP) is -0.535. The van der Waals surface area contributed by atoms with E-state index in [-0.39, 0.29) is 23.2 Å². The first kappa shape index (κ1) is 55.4. The van der Waals surface area contributed by atoms with Crippen LogP contribution in [-0.2, 0) is 21.9 Å². The third kappa shape index (κ3) is 186. The van der Waals surface area contributed by atoms with Gasteiger partial charge in [0.1, 0.15) is 0 Å². The fraction of sp³-hybridized carbons (Fsp3) is 0. The molecule has 0 aliphatic carbocycles. The minimum atomic E-state index is 0. The molecule has 0 spiro atoms. The van der Waals surface area contributed by atoms with Crippen molar-refractivity contribution in [2.45, 2.75) is 0 Å². The zero-order valence-electron chi connectivity index (χ0n) is 9.68. The largest absolute Gasteiger partial charge is 0.724 e. The number of isocyanates is 1. The average molecular weight is 331 g/mol. The molecule has 0 saturated carbocycles. The zero-order valence-corrected chi connectivity index (χ0v) is 10.8. The van der Waals surface area contributed by atoms with Gasteiger partial charge in [0.2, 0.25) is 0 Å². The van der Waals surface area contributed by atoms with Gasteiger partial charge in [-0.15, -0.1) is 0 Å². The smallest absolute Gasteiger partial charge is 0.283 e. The summed E-state index contributed by atoms with van der Waals surface area (Å²) in [7, 11) is 0. The second kappa shape index (κ2) is 588. The maximum Gasteiger partial charge on any atom is 0.283 e. The Morgan fingerprint density at radius 3 is 0.650 bits per heavy atom. The van der Waals surface area contributed by atoms with Crippen LogP contribution in [0.3, 0.4) is 0 Å². The Morgan fingerprint density at radius 1 is 0.650 bits per heavy atom. The summed E-state index contributed by atoms with van der Waals surface area (Å²) in [6.45, 7) is 0. The normalized spacial score (nSPS) is 2.15. The molecule has 9 N–H and O–H groups in total. The molecule has 0 atom stereocenters. The molecule has 0 saturated heterocycles. The fourth-order valence-electron chi connectivity index (χ4n) is 0. The fourth-order valence-corrected chi connectivity index (χ4v) is 0. The first-order valence-corrected chi connectivity index (χ1v) is 2.66. The topological polar surface area (TPSA) is 296 Å². The van der Waals surface area contributed by atoms with Gasteiger partial charge in [-0.1, -0.05) is 0 Å². The number of quaternary nitrogens is 1. The van der Waals surface area contributed by atoms with Crippen LogP contribution in [-0.4, -0.2) is 31.6 Å². The third-order valence-electron chi connectivity index (χ3n) is 0. The van der Waals surface area contributed by atoms with Gasteiger partial charge >= 0.3 is 0 Å². The van der Waals surface area contributed by atoms with Gasteiger partial charge in [-0.05, 0) is 6.08 Å². The van der Waals surface area contributed by atoms with Gasteiger partial charge in [-0.25, -0.2) is 0 Å². The number of aliphatic hydroxyl groups is 5. The summed E-state index contributed by atoms with van der Waals surface area (Å²) < 4.78 is 0. The Bertz CT molecular complexity index is 281. The van der Waals surface area contributed by atoms with Crippen molar-refractivity contribution in [1.82, 2.24) is 6.15 Å². The number of carbonyl (C=O) groups excluding carboxylic acids is 1. The SMILES string of the molecule is N#CO.N#CO.N#CO.N#CO.N#CO.[Fe].[N-]=C=O.[NH4+]. The van der Waals surface area contributed by atoms with Crippen LogP contribution < -0.4 is 6.15 Å². The molecule has 0 aliphatic rings. The molecule has 0 fully saturated rings. The molecular weight excluding hydrogens is 322 g/mol. The van der Waals surface area contributed by atoms with Crippen molar-refractivity contribution >= 4 is 6.08 Å². The molecule has 0 bridgehead atoms. The maximum absolute atomic E-state index is 8.24. The quantitative estimate of drug-likeness (QED) is 0.142. The van der Waals surface area contributed by atoms with Gasteiger partial charge in [-0.3, -0.25) is 4.79 Å². The summed E-state index contributed by atoms with van der Waals surface area (Å²) in [6, 6.07) is 0. The molecule has 112 valence electrons. The summed E-state index contributed by atoms with van der Waals surface area (Å²) >= 11 is 0. The molecule has 0 heterocycles. The van der Waals surface area contributed by atoms with Crippen molar-refractivity contribution in [3.8, 4) is 31.3 Å². The summed E-state index contributed by atoms with van der Waals surface area (Å²) in [4.78, 5) is 8.24. The van der Waals surface area contributed by atoms with Crippen LogP contribution in [0.4, 0.5) is 0 Å². The Kier molecular flexibility index (Phi) is 1630. The molecule has 0 aromatic rings. The van der Waals surface area contributed by atoms with Crippen molar-refractivity contribution in [3.63, 3.8) is 0 Å². The number of nitrogens with zero attached hydrogens (tertiary/aromatic N) is 6. The van der Waals surface area contributed by atoms with Gasteiger partial charge in [0.15, 0.2) is 0 Å². The van der Waals surface area contributed by atoms with E-state index in [1.807, 2.05) is 0 Å². The van der Waals surface area contributed by atoms with Gasteiger partial charge in [-0.2, -0.15) is 26.3 Å². The minimum absolute atomic E-state index is 0. The number of hydrogen-bond donors (Lipinski definition) is 6. The van der Waals surface area contributed by atoms with Crippen LogP contribution in [0.1, 0.15) is 0 Å². The number of nitriles is 5. The van der Waals surface area contributed by atoms with E-state index in [1.54, 1.807) is 0 Å².